The summed E-state index contributed by atoms with van der Waals surface area (Å²) in [6.45, 7) is 5.18. The topological polar surface area (TPSA) is 76.0 Å². The smallest absolute Gasteiger partial charge is 0.335 e. The summed E-state index contributed by atoms with van der Waals surface area (Å²) >= 11 is 0. The first kappa shape index (κ1) is 26.1. The number of methoxy groups -OCH3 is 1. The number of aryl methyl sites for hydroxylation is 1. The number of rotatable bonds is 6. The minimum absolute atomic E-state index is 0.209. The molecule has 7 nitrogen and oxygen atoms in total. The number of morpholine rings is 1. The maximum absolute atomic E-state index is 15.6. The van der Waals surface area contributed by atoms with Crippen molar-refractivity contribution in [3.8, 4) is 17.0 Å². The van der Waals surface area contributed by atoms with Gasteiger partial charge in [-0.05, 0) is 55.5 Å². The number of hydrogen-bond acceptors (Lipinski definition) is 5. The highest BCUT2D eigenvalue weighted by molar-refractivity contribution is 5.99. The van der Waals surface area contributed by atoms with Gasteiger partial charge in [-0.2, -0.15) is 0 Å². The number of fused-ring (bicyclic) bond motifs is 5. The maximum Gasteiger partial charge on any atom is 0.335 e. The molecule has 3 aromatic rings. The number of anilines is 1. The Balaban J connectivity index is 1.48. The number of ether oxygens (including phenoxy) is 2. The van der Waals surface area contributed by atoms with Gasteiger partial charge in [0, 0.05) is 66.4 Å². The van der Waals surface area contributed by atoms with Crippen LogP contribution in [0.15, 0.2) is 36.4 Å². The lowest BCUT2D eigenvalue weighted by molar-refractivity contribution is 0.0367. The van der Waals surface area contributed by atoms with Crippen molar-refractivity contribution in [2.45, 2.75) is 63.2 Å². The van der Waals surface area contributed by atoms with E-state index in [1.165, 1.54) is 0 Å². The first-order chi connectivity index (χ1) is 19.0. The molecule has 3 aliphatic rings. The summed E-state index contributed by atoms with van der Waals surface area (Å²) < 4.78 is 29.0. The zero-order chi connectivity index (χ0) is 26.9. The first-order valence-corrected chi connectivity index (χ1v) is 14.3. The number of nitrogens with zero attached hydrogens (tertiary/aromatic N) is 2. The van der Waals surface area contributed by atoms with E-state index in [1.54, 1.807) is 19.2 Å². The van der Waals surface area contributed by atoms with Crippen molar-refractivity contribution in [2.24, 2.45) is 0 Å². The number of benzene rings is 2. The largest absolute Gasteiger partial charge is 0.497 e. The van der Waals surface area contributed by atoms with Crippen LogP contribution < -0.4 is 10.1 Å². The van der Waals surface area contributed by atoms with Crippen molar-refractivity contribution in [3.63, 3.8) is 0 Å². The Bertz CT molecular complexity index is 1350. The summed E-state index contributed by atoms with van der Waals surface area (Å²) in [6.07, 6.45) is 4.23. The predicted octanol–water partition coefficient (Wildman–Crippen LogP) is 5.92. The van der Waals surface area contributed by atoms with Gasteiger partial charge in [0.2, 0.25) is 0 Å². The van der Waals surface area contributed by atoms with Crippen LogP contribution in [-0.4, -0.2) is 72.7 Å². The fourth-order valence-corrected chi connectivity index (χ4v) is 6.75. The van der Waals surface area contributed by atoms with E-state index in [-0.39, 0.29) is 17.5 Å². The highest BCUT2D eigenvalue weighted by Gasteiger charge is 2.34. The molecule has 8 heteroatoms. The highest BCUT2D eigenvalue weighted by Crippen LogP contribution is 2.48. The molecule has 2 aromatic carbocycles. The number of aromatic carboxylic acids is 1. The van der Waals surface area contributed by atoms with Gasteiger partial charge < -0.3 is 24.5 Å². The lowest BCUT2D eigenvalue weighted by Crippen LogP contribution is -2.39. The molecule has 0 spiro atoms. The van der Waals surface area contributed by atoms with Crippen LogP contribution in [0, 0.1) is 0 Å². The zero-order valence-corrected chi connectivity index (χ0v) is 22.6. The summed E-state index contributed by atoms with van der Waals surface area (Å²) in [4.78, 5) is 14.4. The number of hydrogen-bond donors (Lipinski definition) is 2. The Kier molecular flexibility index (Phi) is 7.49. The molecule has 2 fully saturated rings. The van der Waals surface area contributed by atoms with Gasteiger partial charge in [0.15, 0.2) is 0 Å². The lowest BCUT2D eigenvalue weighted by Gasteiger charge is -2.32. The molecule has 2 N–H and O–H groups in total. The van der Waals surface area contributed by atoms with Crippen LogP contribution in [0.2, 0.25) is 0 Å². The number of carboxylic acid groups (broad SMARTS) is 1. The molecule has 0 amide bonds. The third-order valence-corrected chi connectivity index (χ3v) is 8.84. The standard InChI is InChI=1S/C31H38FN3O4/c1-38-22-7-9-24-27(19-22)33-21(10-12-34-14-16-39-17-15-34)11-13-35-28-18-20(31(36)37)6-8-25(28)29(30(24)35)23-4-2-3-5-26(23)32/h6-9,18-19,21,23,26,33H,2-5,10-17H2,1H3,(H,36,37)/t21?,23?,26-/m0/s1. The molecular weight excluding hydrogens is 497 g/mol. The fraction of sp³-hybridized carbons (Fsp3) is 0.516. The molecule has 1 saturated heterocycles. The number of carbonyl (C=O) groups is 1. The molecule has 208 valence electrons. The second kappa shape index (κ2) is 11.2. The molecule has 2 unspecified atom stereocenters. The molecular formula is C31H38FN3O4. The van der Waals surface area contributed by atoms with Gasteiger partial charge in [0.05, 0.1) is 31.6 Å². The molecule has 1 aromatic heterocycles. The molecule has 2 aliphatic heterocycles. The van der Waals surface area contributed by atoms with Crippen LogP contribution >= 0.6 is 0 Å². The van der Waals surface area contributed by atoms with Crippen molar-refractivity contribution in [1.82, 2.24) is 9.47 Å². The average Bonchev–Trinajstić information content (AvgIpc) is 3.26. The molecule has 39 heavy (non-hydrogen) atoms. The van der Waals surface area contributed by atoms with E-state index in [9.17, 15) is 9.90 Å². The summed E-state index contributed by atoms with van der Waals surface area (Å²) in [6, 6.07) is 11.7. The van der Waals surface area contributed by atoms with Crippen molar-refractivity contribution >= 4 is 22.6 Å². The van der Waals surface area contributed by atoms with Crippen LogP contribution in [0.5, 0.6) is 5.75 Å². The number of aromatic nitrogens is 1. The lowest BCUT2D eigenvalue weighted by atomic mass is 9.80. The fourth-order valence-electron chi connectivity index (χ4n) is 6.75. The summed E-state index contributed by atoms with van der Waals surface area (Å²) in [5.74, 6) is -0.386. The average molecular weight is 536 g/mol. The maximum atomic E-state index is 15.6. The van der Waals surface area contributed by atoms with Gasteiger partial charge >= 0.3 is 5.97 Å². The van der Waals surface area contributed by atoms with Gasteiger partial charge in [-0.15, -0.1) is 0 Å². The monoisotopic (exact) mass is 535 g/mol. The van der Waals surface area contributed by atoms with Crippen LogP contribution in [0.1, 0.15) is 60.4 Å². The first-order valence-electron chi connectivity index (χ1n) is 14.3. The van der Waals surface area contributed by atoms with Gasteiger partial charge in [-0.1, -0.05) is 18.9 Å². The second-order valence-corrected chi connectivity index (χ2v) is 11.1. The van der Waals surface area contributed by atoms with E-state index < -0.39 is 12.1 Å². The van der Waals surface area contributed by atoms with Gasteiger partial charge in [-0.25, -0.2) is 9.18 Å². The van der Waals surface area contributed by atoms with Crippen LogP contribution in [0.25, 0.3) is 22.2 Å². The minimum atomic E-state index is -0.948. The second-order valence-electron chi connectivity index (χ2n) is 11.1. The minimum Gasteiger partial charge on any atom is -0.497 e. The number of halogens is 1. The van der Waals surface area contributed by atoms with Crippen LogP contribution in [0.4, 0.5) is 10.1 Å². The van der Waals surface area contributed by atoms with E-state index in [1.807, 2.05) is 18.2 Å². The van der Waals surface area contributed by atoms with E-state index in [2.05, 4.69) is 20.9 Å². The molecule has 6 rings (SSSR count). The Morgan fingerprint density at radius 1 is 1.10 bits per heavy atom. The molecule has 1 saturated carbocycles. The van der Waals surface area contributed by atoms with Crippen molar-refractivity contribution < 1.29 is 23.8 Å². The molecule has 3 heterocycles. The summed E-state index contributed by atoms with van der Waals surface area (Å²) in [7, 11) is 1.67. The zero-order valence-electron chi connectivity index (χ0n) is 22.6. The number of alkyl halides is 1. The van der Waals surface area contributed by atoms with Gasteiger partial charge in [0.1, 0.15) is 11.9 Å². The Hall–Kier alpha value is -3.10. The molecule has 0 radical (unpaired) electrons. The third-order valence-electron chi connectivity index (χ3n) is 8.84. The molecule has 0 bridgehead atoms. The normalized spacial score (nSPS) is 23.8. The predicted molar refractivity (Wildman–Crippen MR) is 151 cm³/mol. The molecule has 1 aliphatic carbocycles. The van der Waals surface area contributed by atoms with Crippen molar-refractivity contribution in [1.29, 1.82) is 0 Å². The van der Waals surface area contributed by atoms with E-state index in [0.29, 0.717) is 6.42 Å². The Labute approximate surface area is 228 Å². The van der Waals surface area contributed by atoms with Gasteiger partial charge in [-0.3, -0.25) is 4.90 Å². The third kappa shape index (κ3) is 5.12. The van der Waals surface area contributed by atoms with Gasteiger partial charge in [0.25, 0.3) is 0 Å². The number of nitrogens with one attached hydrogen (secondary N) is 1. The molecule has 3 atom stereocenters. The van der Waals surface area contributed by atoms with E-state index >= 15 is 4.39 Å². The number of carboxylic acids is 1. The van der Waals surface area contributed by atoms with Crippen LogP contribution in [0.3, 0.4) is 0 Å². The summed E-state index contributed by atoms with van der Waals surface area (Å²) in [5.41, 5.74) is 5.18. The highest BCUT2D eigenvalue weighted by atomic mass is 19.1. The van der Waals surface area contributed by atoms with Crippen molar-refractivity contribution in [3.05, 3.63) is 47.5 Å². The SMILES string of the molecule is COc1ccc2c(c1)NC(CCN1CCOCC1)CCn1c-2c(C2CCCC[C@@H]2F)c2ccc(C(=O)O)cc21. The summed E-state index contributed by atoms with van der Waals surface area (Å²) in [5, 5.41) is 14.6. The van der Waals surface area contributed by atoms with E-state index in [0.717, 1.165) is 111 Å². The van der Waals surface area contributed by atoms with Crippen LogP contribution in [-0.2, 0) is 11.3 Å². The van der Waals surface area contributed by atoms with E-state index in [4.69, 9.17) is 9.47 Å². The van der Waals surface area contributed by atoms with Crippen molar-refractivity contribution in [2.75, 3.05) is 45.3 Å². The quantitative estimate of drug-likeness (QED) is 0.408. The Morgan fingerprint density at radius 2 is 1.92 bits per heavy atom. The Morgan fingerprint density at radius 3 is 2.69 bits per heavy atom.